The van der Waals surface area contributed by atoms with Crippen LogP contribution in [0, 0.1) is 0 Å². The molecule has 130 valence electrons. The maximum absolute atomic E-state index is 12.7. The fourth-order valence-corrected chi connectivity index (χ4v) is 3.14. The molecule has 4 rings (SSSR count). The number of rotatable bonds is 5. The summed E-state index contributed by atoms with van der Waals surface area (Å²) in [5, 5.41) is 2.93. The molecule has 1 aromatic carbocycles. The number of halogens is 1. The Kier molecular flexibility index (Phi) is 4.58. The van der Waals surface area contributed by atoms with Crippen molar-refractivity contribution in [3.63, 3.8) is 0 Å². The summed E-state index contributed by atoms with van der Waals surface area (Å²) >= 11 is 3.45. The van der Waals surface area contributed by atoms with Gasteiger partial charge in [-0.25, -0.2) is 0 Å². The minimum Gasteiger partial charge on any atom is -0.463 e. The average molecular weight is 410 g/mol. The second-order valence-corrected chi connectivity index (χ2v) is 6.83. The second kappa shape index (κ2) is 7.17. The number of carbonyl (C=O) groups excluding carboxylic acids is 1. The Morgan fingerprint density at radius 3 is 2.77 bits per heavy atom. The summed E-state index contributed by atoms with van der Waals surface area (Å²) in [6.45, 7) is 0.965. The quantitative estimate of drug-likeness (QED) is 0.532. The molecule has 5 nitrogen and oxygen atoms in total. The van der Waals surface area contributed by atoms with Crippen molar-refractivity contribution >= 4 is 32.9 Å². The number of nitrogens with one attached hydrogen (secondary N) is 1. The highest BCUT2D eigenvalue weighted by Crippen LogP contribution is 2.23. The molecule has 0 aliphatic rings. The van der Waals surface area contributed by atoms with Crippen LogP contribution in [0.2, 0.25) is 0 Å². The van der Waals surface area contributed by atoms with Gasteiger partial charge in [-0.15, -0.1) is 0 Å². The molecule has 26 heavy (non-hydrogen) atoms. The molecule has 0 spiro atoms. The van der Waals surface area contributed by atoms with E-state index in [0.717, 1.165) is 21.2 Å². The molecule has 3 aromatic heterocycles. The number of carbonyl (C=O) groups is 1. The first-order valence-corrected chi connectivity index (χ1v) is 8.99. The zero-order valence-corrected chi connectivity index (χ0v) is 15.4. The monoisotopic (exact) mass is 409 g/mol. The van der Waals surface area contributed by atoms with E-state index in [1.54, 1.807) is 18.5 Å². The molecule has 0 fully saturated rings. The van der Waals surface area contributed by atoms with Crippen molar-refractivity contribution in [2.24, 2.45) is 0 Å². The fraction of sp³-hybridized carbons (Fsp3) is 0.100. The van der Waals surface area contributed by atoms with E-state index < -0.39 is 0 Å². The molecule has 0 atom stereocenters. The molecule has 0 bridgehead atoms. The van der Waals surface area contributed by atoms with E-state index >= 15 is 0 Å². The maximum Gasteiger partial charge on any atom is 0.268 e. The SMILES string of the molecule is O=C(NCc1ccccn1)c1cc2occc2n1Cc1ccc(Br)cc1. The van der Waals surface area contributed by atoms with Crippen LogP contribution < -0.4 is 5.32 Å². The van der Waals surface area contributed by atoms with Gasteiger partial charge in [0.2, 0.25) is 0 Å². The van der Waals surface area contributed by atoms with Crippen LogP contribution in [0.25, 0.3) is 11.1 Å². The van der Waals surface area contributed by atoms with Crippen molar-refractivity contribution in [2.75, 3.05) is 0 Å². The first-order valence-electron chi connectivity index (χ1n) is 8.20. The van der Waals surface area contributed by atoms with E-state index in [1.807, 2.05) is 53.1 Å². The van der Waals surface area contributed by atoms with Crippen molar-refractivity contribution in [1.82, 2.24) is 14.9 Å². The van der Waals surface area contributed by atoms with Gasteiger partial charge in [0.05, 0.1) is 24.0 Å². The third-order valence-corrected chi connectivity index (χ3v) is 4.69. The highest BCUT2D eigenvalue weighted by atomic mass is 79.9. The van der Waals surface area contributed by atoms with E-state index in [4.69, 9.17) is 4.42 Å². The molecule has 1 amide bonds. The standard InChI is InChI=1S/C20H16BrN3O2/c21-15-6-4-14(5-7-15)13-24-17-8-10-26-19(17)11-18(24)20(25)23-12-16-3-1-2-9-22-16/h1-11H,12-13H2,(H,23,25). The lowest BCUT2D eigenvalue weighted by Crippen LogP contribution is -2.26. The van der Waals surface area contributed by atoms with Crippen molar-refractivity contribution in [3.05, 3.63) is 88.5 Å². The van der Waals surface area contributed by atoms with E-state index in [-0.39, 0.29) is 5.91 Å². The van der Waals surface area contributed by atoms with Crippen LogP contribution in [0.4, 0.5) is 0 Å². The lowest BCUT2D eigenvalue weighted by Gasteiger charge is -2.11. The molecule has 0 radical (unpaired) electrons. The highest BCUT2D eigenvalue weighted by molar-refractivity contribution is 9.10. The number of hydrogen-bond donors (Lipinski definition) is 1. The van der Waals surface area contributed by atoms with Gasteiger partial charge in [0.15, 0.2) is 5.58 Å². The van der Waals surface area contributed by atoms with Crippen LogP contribution >= 0.6 is 15.9 Å². The summed E-state index contributed by atoms with van der Waals surface area (Å²) in [7, 11) is 0. The largest absolute Gasteiger partial charge is 0.463 e. The average Bonchev–Trinajstić information content (AvgIpc) is 3.25. The number of fused-ring (bicyclic) bond motifs is 1. The number of aromatic nitrogens is 2. The number of furan rings is 1. The van der Waals surface area contributed by atoms with Crippen molar-refractivity contribution in [3.8, 4) is 0 Å². The maximum atomic E-state index is 12.7. The Labute approximate surface area is 158 Å². The molecule has 1 N–H and O–H groups in total. The normalized spacial score (nSPS) is 11.0. The Morgan fingerprint density at radius 2 is 2.00 bits per heavy atom. The highest BCUT2D eigenvalue weighted by Gasteiger charge is 2.17. The third kappa shape index (κ3) is 3.41. The van der Waals surface area contributed by atoms with Crippen LogP contribution in [0.1, 0.15) is 21.7 Å². The van der Waals surface area contributed by atoms with Gasteiger partial charge >= 0.3 is 0 Å². The van der Waals surface area contributed by atoms with Gasteiger partial charge in [-0.3, -0.25) is 9.78 Å². The number of nitrogens with zero attached hydrogens (tertiary/aromatic N) is 2. The van der Waals surface area contributed by atoms with Crippen molar-refractivity contribution in [1.29, 1.82) is 0 Å². The predicted molar refractivity (Wildman–Crippen MR) is 103 cm³/mol. The minimum atomic E-state index is -0.154. The molecule has 0 saturated heterocycles. The van der Waals surface area contributed by atoms with Crippen molar-refractivity contribution < 1.29 is 9.21 Å². The zero-order valence-electron chi connectivity index (χ0n) is 13.9. The van der Waals surface area contributed by atoms with Gasteiger partial charge < -0.3 is 14.3 Å². The summed E-state index contributed by atoms with van der Waals surface area (Å²) in [5.74, 6) is -0.154. The number of hydrogen-bond acceptors (Lipinski definition) is 3. The van der Waals surface area contributed by atoms with Gasteiger partial charge in [0, 0.05) is 29.3 Å². The van der Waals surface area contributed by atoms with Gasteiger partial charge in [-0.1, -0.05) is 34.1 Å². The summed E-state index contributed by atoms with van der Waals surface area (Å²) in [4.78, 5) is 17.0. The molecule has 3 heterocycles. The number of amides is 1. The minimum absolute atomic E-state index is 0.154. The number of benzene rings is 1. The second-order valence-electron chi connectivity index (χ2n) is 5.92. The van der Waals surface area contributed by atoms with Gasteiger partial charge in [-0.05, 0) is 29.8 Å². The molecular formula is C20H16BrN3O2. The number of pyridine rings is 1. The fourth-order valence-electron chi connectivity index (χ4n) is 2.87. The zero-order chi connectivity index (χ0) is 17.9. The molecule has 4 aromatic rings. The molecular weight excluding hydrogens is 394 g/mol. The lowest BCUT2D eigenvalue weighted by molar-refractivity contribution is 0.0942. The Bertz CT molecular complexity index is 1040. The summed E-state index contributed by atoms with van der Waals surface area (Å²) in [6.07, 6.45) is 3.35. The van der Waals surface area contributed by atoms with Crippen LogP contribution in [0.5, 0.6) is 0 Å². The summed E-state index contributed by atoms with van der Waals surface area (Å²) in [5.41, 5.74) is 4.08. The van der Waals surface area contributed by atoms with Crippen LogP contribution in [0.15, 0.2) is 75.9 Å². The topological polar surface area (TPSA) is 60.1 Å². The summed E-state index contributed by atoms with van der Waals surface area (Å²) in [6, 6.07) is 17.3. The van der Waals surface area contributed by atoms with Crippen LogP contribution in [-0.4, -0.2) is 15.5 Å². The van der Waals surface area contributed by atoms with Crippen LogP contribution in [0.3, 0.4) is 0 Å². The van der Waals surface area contributed by atoms with E-state index in [2.05, 4.69) is 26.2 Å². The van der Waals surface area contributed by atoms with Gasteiger partial charge in [0.1, 0.15) is 5.69 Å². The molecule has 0 aliphatic heterocycles. The van der Waals surface area contributed by atoms with Gasteiger partial charge in [-0.2, -0.15) is 0 Å². The molecule has 0 aliphatic carbocycles. The first-order chi connectivity index (χ1) is 12.7. The van der Waals surface area contributed by atoms with Gasteiger partial charge in [0.25, 0.3) is 5.91 Å². The van der Waals surface area contributed by atoms with Crippen LogP contribution in [-0.2, 0) is 13.1 Å². The molecule has 0 saturated carbocycles. The molecule has 0 unspecified atom stereocenters. The molecule has 6 heteroatoms. The lowest BCUT2D eigenvalue weighted by atomic mass is 10.2. The van der Waals surface area contributed by atoms with E-state index in [1.165, 1.54) is 0 Å². The van der Waals surface area contributed by atoms with Crippen molar-refractivity contribution in [2.45, 2.75) is 13.1 Å². The van der Waals surface area contributed by atoms with E-state index in [0.29, 0.717) is 24.4 Å². The Balaban J connectivity index is 1.60. The van der Waals surface area contributed by atoms with E-state index in [9.17, 15) is 4.79 Å². The third-order valence-electron chi connectivity index (χ3n) is 4.17. The summed E-state index contributed by atoms with van der Waals surface area (Å²) < 4.78 is 8.48. The Morgan fingerprint density at radius 1 is 1.15 bits per heavy atom. The first kappa shape index (κ1) is 16.6. The predicted octanol–water partition coefficient (Wildman–Crippen LogP) is 4.37. The smallest absolute Gasteiger partial charge is 0.268 e. The Hall–Kier alpha value is -2.86.